The predicted molar refractivity (Wildman–Crippen MR) is 80.0 cm³/mol. The van der Waals surface area contributed by atoms with Crippen molar-refractivity contribution in [2.75, 3.05) is 26.4 Å². The summed E-state index contributed by atoms with van der Waals surface area (Å²) in [7, 11) is 4.02. The average Bonchev–Trinajstić information content (AvgIpc) is 2.36. The van der Waals surface area contributed by atoms with Gasteiger partial charge in [0, 0.05) is 24.7 Å². The molecule has 19 heavy (non-hydrogen) atoms. The lowest BCUT2D eigenvalue weighted by molar-refractivity contribution is -0.121. The summed E-state index contributed by atoms with van der Waals surface area (Å²) in [5, 5.41) is 2.97. The van der Waals surface area contributed by atoms with Crippen LogP contribution in [-0.4, -0.2) is 37.5 Å². The number of nitrogens with two attached hydrogens (primary N) is 1. The van der Waals surface area contributed by atoms with Gasteiger partial charge in [-0.05, 0) is 44.6 Å². The van der Waals surface area contributed by atoms with Crippen LogP contribution in [0.3, 0.4) is 0 Å². The zero-order valence-corrected chi connectivity index (χ0v) is 12.3. The molecule has 3 N–H and O–H groups in total. The van der Waals surface area contributed by atoms with Crippen LogP contribution in [0.15, 0.2) is 24.3 Å². The minimum absolute atomic E-state index is 0.0954. The highest BCUT2D eigenvalue weighted by Crippen LogP contribution is 2.19. The van der Waals surface area contributed by atoms with Gasteiger partial charge >= 0.3 is 0 Å². The van der Waals surface area contributed by atoms with Crippen molar-refractivity contribution in [3.05, 3.63) is 29.8 Å². The van der Waals surface area contributed by atoms with E-state index in [1.807, 2.05) is 38.4 Å². The van der Waals surface area contributed by atoms with Gasteiger partial charge < -0.3 is 16.0 Å². The van der Waals surface area contributed by atoms with Crippen LogP contribution in [0, 0.1) is 0 Å². The number of rotatable bonds is 6. The molecular weight excluding hydrogens is 238 g/mol. The summed E-state index contributed by atoms with van der Waals surface area (Å²) < 4.78 is 0. The van der Waals surface area contributed by atoms with Crippen LogP contribution in [0.5, 0.6) is 0 Å². The molecule has 1 amide bonds. The van der Waals surface area contributed by atoms with E-state index in [0.717, 1.165) is 11.3 Å². The highest BCUT2D eigenvalue weighted by atomic mass is 16.1. The second-order valence-corrected chi connectivity index (χ2v) is 5.39. The number of nitrogen functional groups attached to an aromatic ring is 1. The molecule has 0 saturated carbocycles. The molecule has 2 atom stereocenters. The van der Waals surface area contributed by atoms with E-state index >= 15 is 0 Å². The largest absolute Gasteiger partial charge is 0.399 e. The van der Waals surface area contributed by atoms with Gasteiger partial charge in [-0.3, -0.25) is 4.79 Å². The Labute approximate surface area is 116 Å². The topological polar surface area (TPSA) is 58.4 Å². The molecule has 0 aliphatic heterocycles. The molecule has 0 radical (unpaired) electrons. The maximum atomic E-state index is 11.9. The van der Waals surface area contributed by atoms with Gasteiger partial charge in [-0.2, -0.15) is 0 Å². The van der Waals surface area contributed by atoms with E-state index in [9.17, 15) is 4.79 Å². The third-order valence-corrected chi connectivity index (χ3v) is 3.47. The Morgan fingerprint density at radius 2 is 1.84 bits per heavy atom. The molecule has 0 saturated heterocycles. The van der Waals surface area contributed by atoms with Gasteiger partial charge in [0.05, 0.1) is 0 Å². The van der Waals surface area contributed by atoms with Gasteiger partial charge in [-0.25, -0.2) is 0 Å². The summed E-state index contributed by atoms with van der Waals surface area (Å²) in [5.41, 5.74) is 7.55. The van der Waals surface area contributed by atoms with Gasteiger partial charge in [-0.15, -0.1) is 0 Å². The molecule has 1 aromatic rings. The summed E-state index contributed by atoms with van der Waals surface area (Å²) in [6, 6.07) is 8.05. The quantitative estimate of drug-likeness (QED) is 0.770. The first-order chi connectivity index (χ1) is 8.90. The number of nitrogens with one attached hydrogen (secondary N) is 1. The van der Waals surface area contributed by atoms with Crippen molar-refractivity contribution >= 4 is 11.6 Å². The minimum atomic E-state index is 0.0954. The Kier molecular flexibility index (Phi) is 5.83. The number of amides is 1. The second kappa shape index (κ2) is 7.14. The van der Waals surface area contributed by atoms with E-state index in [1.165, 1.54) is 0 Å². The monoisotopic (exact) mass is 263 g/mol. The number of carbonyl (C=O) groups is 1. The zero-order chi connectivity index (χ0) is 14.4. The van der Waals surface area contributed by atoms with Gasteiger partial charge in [0.1, 0.15) is 0 Å². The molecule has 106 valence electrons. The lowest BCUT2D eigenvalue weighted by Crippen LogP contribution is -2.38. The fourth-order valence-corrected chi connectivity index (χ4v) is 1.74. The number of benzene rings is 1. The second-order valence-electron chi connectivity index (χ2n) is 5.39. The van der Waals surface area contributed by atoms with Gasteiger partial charge in [0.15, 0.2) is 0 Å². The summed E-state index contributed by atoms with van der Waals surface area (Å²) in [6.45, 7) is 4.82. The Hall–Kier alpha value is -1.55. The molecule has 0 aliphatic carbocycles. The summed E-state index contributed by atoms with van der Waals surface area (Å²) in [5.74, 6) is 0.299. The van der Waals surface area contributed by atoms with Crippen LogP contribution in [-0.2, 0) is 4.79 Å². The van der Waals surface area contributed by atoms with Crippen molar-refractivity contribution in [3.63, 3.8) is 0 Å². The third kappa shape index (κ3) is 5.30. The summed E-state index contributed by atoms with van der Waals surface area (Å²) in [6.07, 6.45) is 0.504. The Bertz CT molecular complexity index is 400. The fraction of sp³-hybridized carbons (Fsp3) is 0.533. The number of anilines is 1. The molecule has 0 aliphatic rings. The maximum absolute atomic E-state index is 11.9. The Balaban J connectivity index is 2.42. The van der Waals surface area contributed by atoms with Gasteiger partial charge in [0.25, 0.3) is 0 Å². The molecule has 2 unspecified atom stereocenters. The number of hydrogen-bond acceptors (Lipinski definition) is 3. The predicted octanol–water partition coefficient (Wildman–Crippen LogP) is 1.83. The SMILES string of the molecule is CC(CC(=O)NCC(C)N(C)C)c1ccc(N)cc1. The van der Waals surface area contributed by atoms with Crippen LogP contribution in [0.1, 0.15) is 31.7 Å². The highest BCUT2D eigenvalue weighted by molar-refractivity contribution is 5.76. The van der Waals surface area contributed by atoms with Crippen molar-refractivity contribution in [1.29, 1.82) is 0 Å². The molecule has 4 heteroatoms. The molecule has 0 heterocycles. The lowest BCUT2D eigenvalue weighted by atomic mass is 9.97. The Morgan fingerprint density at radius 3 is 2.37 bits per heavy atom. The minimum Gasteiger partial charge on any atom is -0.399 e. The zero-order valence-electron chi connectivity index (χ0n) is 12.3. The number of nitrogens with zero attached hydrogens (tertiary/aromatic N) is 1. The molecule has 1 aromatic carbocycles. The molecule has 1 rings (SSSR count). The first-order valence-electron chi connectivity index (χ1n) is 6.68. The smallest absolute Gasteiger partial charge is 0.220 e. The third-order valence-electron chi connectivity index (χ3n) is 3.47. The van der Waals surface area contributed by atoms with Crippen LogP contribution < -0.4 is 11.1 Å². The summed E-state index contributed by atoms with van der Waals surface area (Å²) >= 11 is 0. The lowest BCUT2D eigenvalue weighted by Gasteiger charge is -2.20. The number of carbonyl (C=O) groups excluding carboxylic acids is 1. The molecular formula is C15H25N3O. The van der Waals surface area contributed by atoms with Crippen molar-refractivity contribution in [3.8, 4) is 0 Å². The van der Waals surface area contributed by atoms with Crippen molar-refractivity contribution in [2.24, 2.45) is 0 Å². The van der Waals surface area contributed by atoms with Crippen LogP contribution in [0.4, 0.5) is 5.69 Å². The molecule has 0 spiro atoms. The van der Waals surface area contributed by atoms with E-state index in [4.69, 9.17) is 5.73 Å². The Morgan fingerprint density at radius 1 is 1.26 bits per heavy atom. The van der Waals surface area contributed by atoms with Gasteiger partial charge in [-0.1, -0.05) is 19.1 Å². The standard InChI is InChI=1S/C15H25N3O/c1-11(13-5-7-14(16)8-6-13)9-15(19)17-10-12(2)18(3)4/h5-8,11-12H,9-10,16H2,1-4H3,(H,17,19). The molecule has 0 bridgehead atoms. The van der Waals surface area contributed by atoms with Crippen molar-refractivity contribution < 1.29 is 4.79 Å². The average molecular weight is 263 g/mol. The van der Waals surface area contributed by atoms with E-state index in [-0.39, 0.29) is 11.8 Å². The normalized spacial score (nSPS) is 14.2. The van der Waals surface area contributed by atoms with E-state index < -0.39 is 0 Å². The molecule has 0 aromatic heterocycles. The van der Waals surface area contributed by atoms with Crippen molar-refractivity contribution in [1.82, 2.24) is 10.2 Å². The van der Waals surface area contributed by atoms with E-state index in [0.29, 0.717) is 19.0 Å². The fourth-order valence-electron chi connectivity index (χ4n) is 1.74. The van der Waals surface area contributed by atoms with E-state index in [2.05, 4.69) is 24.1 Å². The van der Waals surface area contributed by atoms with Gasteiger partial charge in [0.2, 0.25) is 5.91 Å². The first-order valence-corrected chi connectivity index (χ1v) is 6.68. The number of hydrogen-bond donors (Lipinski definition) is 2. The molecule has 4 nitrogen and oxygen atoms in total. The highest BCUT2D eigenvalue weighted by Gasteiger charge is 2.12. The summed E-state index contributed by atoms with van der Waals surface area (Å²) in [4.78, 5) is 14.0. The first kappa shape index (κ1) is 15.5. The van der Waals surface area contributed by atoms with E-state index in [1.54, 1.807) is 0 Å². The van der Waals surface area contributed by atoms with Crippen LogP contribution >= 0.6 is 0 Å². The number of likely N-dealkylation sites (N-methyl/N-ethyl adjacent to an activating group) is 1. The van der Waals surface area contributed by atoms with Crippen molar-refractivity contribution in [2.45, 2.75) is 32.2 Å². The maximum Gasteiger partial charge on any atom is 0.220 e. The van der Waals surface area contributed by atoms with Crippen LogP contribution in [0.25, 0.3) is 0 Å². The molecule has 0 fully saturated rings. The van der Waals surface area contributed by atoms with Crippen LogP contribution in [0.2, 0.25) is 0 Å².